The average molecular weight is 534 g/mol. The van der Waals surface area contributed by atoms with Gasteiger partial charge < -0.3 is 9.72 Å². The molecular formula is C31H47N7O. The van der Waals surface area contributed by atoms with Gasteiger partial charge in [0.05, 0.1) is 24.2 Å². The van der Waals surface area contributed by atoms with Crippen LogP contribution in [0.25, 0.3) is 10.9 Å². The summed E-state index contributed by atoms with van der Waals surface area (Å²) in [6, 6.07) is 12.6. The number of pyridine rings is 1. The molecular weight excluding hydrogens is 486 g/mol. The van der Waals surface area contributed by atoms with Crippen molar-refractivity contribution in [1.29, 1.82) is 0 Å². The molecule has 0 amide bonds. The Morgan fingerprint density at radius 2 is 1.97 bits per heavy atom. The number of benzene rings is 1. The minimum absolute atomic E-state index is 0. The fourth-order valence-electron chi connectivity index (χ4n) is 5.22. The molecule has 1 saturated carbocycles. The fourth-order valence-corrected chi connectivity index (χ4v) is 5.22. The number of hydrazone groups is 1. The van der Waals surface area contributed by atoms with Gasteiger partial charge in [-0.15, -0.1) is 0 Å². The molecule has 2 aromatic heterocycles. The van der Waals surface area contributed by atoms with Crippen LogP contribution in [-0.2, 0) is 11.2 Å². The highest BCUT2D eigenvalue weighted by atomic mass is 16.5. The number of aryl methyl sites for hydroxylation is 2. The number of hydrogen-bond donors (Lipinski definition) is 2. The topological polar surface area (TPSA) is 90.3 Å². The zero-order valence-electron chi connectivity index (χ0n) is 24.3. The Labute approximate surface area is 235 Å². The van der Waals surface area contributed by atoms with Crippen molar-refractivity contribution in [3.8, 4) is 0 Å². The number of rotatable bonds is 11. The van der Waals surface area contributed by atoms with E-state index in [1.807, 2.05) is 44.3 Å². The predicted molar refractivity (Wildman–Crippen MR) is 167 cm³/mol. The number of ether oxygens (including phenoxy) is 1. The molecule has 5 rings (SSSR count). The number of aliphatic imine (C=N–C) groups is 2. The first kappa shape index (κ1) is 28.5. The summed E-state index contributed by atoms with van der Waals surface area (Å²) in [4.78, 5) is 20.1. The minimum atomic E-state index is -0.270. The van der Waals surface area contributed by atoms with Crippen molar-refractivity contribution in [2.24, 2.45) is 21.0 Å². The Morgan fingerprint density at radius 3 is 2.69 bits per heavy atom. The fraction of sp³-hybridized carbons (Fsp3) is 0.484. The van der Waals surface area contributed by atoms with Crippen LogP contribution in [0.4, 0.5) is 5.69 Å². The van der Waals surface area contributed by atoms with Crippen LogP contribution in [-0.4, -0.2) is 58.2 Å². The Balaban J connectivity index is 0.00000144. The van der Waals surface area contributed by atoms with Gasteiger partial charge in [-0.05, 0) is 69.0 Å². The van der Waals surface area contributed by atoms with Crippen molar-refractivity contribution in [2.75, 3.05) is 25.1 Å². The van der Waals surface area contributed by atoms with Gasteiger partial charge in [0.15, 0.2) is 0 Å². The molecule has 1 aliphatic carbocycles. The highest BCUT2D eigenvalue weighted by molar-refractivity contribution is 6.35. The molecule has 2 aliphatic rings. The molecule has 0 radical (unpaired) electrons. The third kappa shape index (κ3) is 6.38. The predicted octanol–water partition coefficient (Wildman–Crippen LogP) is 7.00. The van der Waals surface area contributed by atoms with Gasteiger partial charge in [-0.3, -0.25) is 15.3 Å². The van der Waals surface area contributed by atoms with Crippen molar-refractivity contribution in [1.82, 2.24) is 14.9 Å². The maximum absolute atomic E-state index is 6.08. The lowest BCUT2D eigenvalue weighted by atomic mass is 10.1. The van der Waals surface area contributed by atoms with E-state index in [2.05, 4.69) is 65.2 Å². The zero-order valence-corrected chi connectivity index (χ0v) is 24.3. The van der Waals surface area contributed by atoms with Crippen molar-refractivity contribution in [3.05, 3.63) is 59.5 Å². The zero-order chi connectivity index (χ0) is 27.8. The van der Waals surface area contributed by atoms with E-state index in [0.717, 1.165) is 55.0 Å². The largest absolute Gasteiger partial charge is 0.463 e. The van der Waals surface area contributed by atoms with Crippen LogP contribution in [0.3, 0.4) is 0 Å². The lowest BCUT2D eigenvalue weighted by Gasteiger charge is -2.31. The number of nitrogens with zero attached hydrogens (tertiary/aromatic N) is 5. The van der Waals surface area contributed by atoms with Gasteiger partial charge in [0, 0.05) is 56.8 Å². The molecule has 0 saturated heterocycles. The Bertz CT molecular complexity index is 1330. The SMILES string of the molecule is CC.CCCN(CCC)C12CC1C(/C=N/Nc1ccc3[nH]c(C)c(C)c3c1)=NC(OCCc1ccccn1)=N2.[HH].[HH]. The number of aromatic nitrogens is 2. The van der Waals surface area contributed by atoms with Crippen LogP contribution in [0, 0.1) is 19.8 Å². The van der Waals surface area contributed by atoms with Gasteiger partial charge >= 0.3 is 6.02 Å². The molecule has 2 N–H and O–H groups in total. The summed E-state index contributed by atoms with van der Waals surface area (Å²) in [6.07, 6.45) is 7.48. The minimum Gasteiger partial charge on any atom is -0.463 e. The third-order valence-corrected chi connectivity index (χ3v) is 7.32. The van der Waals surface area contributed by atoms with E-state index >= 15 is 0 Å². The summed E-state index contributed by atoms with van der Waals surface area (Å²) in [7, 11) is 0. The summed E-state index contributed by atoms with van der Waals surface area (Å²) in [6.45, 7) is 15.2. The number of amidine groups is 1. The van der Waals surface area contributed by atoms with Gasteiger partial charge in [-0.2, -0.15) is 10.1 Å². The molecule has 8 heteroatoms. The summed E-state index contributed by atoms with van der Waals surface area (Å²) < 4.78 is 6.08. The van der Waals surface area contributed by atoms with Gasteiger partial charge in [-0.25, -0.2) is 4.99 Å². The quantitative estimate of drug-likeness (QED) is 0.205. The van der Waals surface area contributed by atoms with Crippen LogP contribution in [0.15, 0.2) is 57.7 Å². The molecule has 0 spiro atoms. The lowest BCUT2D eigenvalue weighted by molar-refractivity contribution is 0.169. The first-order chi connectivity index (χ1) is 19.0. The van der Waals surface area contributed by atoms with E-state index in [1.165, 1.54) is 16.6 Å². The van der Waals surface area contributed by atoms with Crippen molar-refractivity contribution < 1.29 is 7.59 Å². The van der Waals surface area contributed by atoms with E-state index in [1.54, 1.807) is 6.20 Å². The highest BCUT2D eigenvalue weighted by Crippen LogP contribution is 2.52. The average Bonchev–Trinajstić information content (AvgIpc) is 3.64. The molecule has 3 aromatic rings. The highest BCUT2D eigenvalue weighted by Gasteiger charge is 2.62. The van der Waals surface area contributed by atoms with Crippen LogP contribution in [0.5, 0.6) is 0 Å². The van der Waals surface area contributed by atoms with E-state index in [9.17, 15) is 0 Å². The van der Waals surface area contributed by atoms with Gasteiger partial charge in [0.25, 0.3) is 0 Å². The van der Waals surface area contributed by atoms with Crippen LogP contribution < -0.4 is 5.43 Å². The monoisotopic (exact) mass is 533 g/mol. The van der Waals surface area contributed by atoms with Gasteiger partial charge in [0.1, 0.15) is 5.66 Å². The summed E-state index contributed by atoms with van der Waals surface area (Å²) in [5.74, 6) is 0.233. The van der Waals surface area contributed by atoms with E-state index in [-0.39, 0.29) is 14.4 Å². The van der Waals surface area contributed by atoms with Gasteiger partial charge in [-0.1, -0.05) is 33.8 Å². The normalized spacial score (nSPS) is 19.8. The Kier molecular flexibility index (Phi) is 9.51. The Morgan fingerprint density at radius 1 is 1.18 bits per heavy atom. The molecule has 212 valence electrons. The third-order valence-electron chi connectivity index (χ3n) is 7.32. The smallest absolute Gasteiger partial charge is 0.313 e. The number of hydrogen-bond acceptors (Lipinski definition) is 7. The Hall–Kier alpha value is -3.52. The number of anilines is 1. The maximum atomic E-state index is 6.08. The maximum Gasteiger partial charge on any atom is 0.313 e. The number of aromatic amines is 1. The molecule has 1 aromatic carbocycles. The molecule has 8 nitrogen and oxygen atoms in total. The summed E-state index contributed by atoms with van der Waals surface area (Å²) in [5, 5.41) is 5.78. The molecule has 2 unspecified atom stereocenters. The van der Waals surface area contributed by atoms with Crippen molar-refractivity contribution >= 4 is 34.5 Å². The van der Waals surface area contributed by atoms with E-state index < -0.39 is 0 Å². The molecule has 1 aliphatic heterocycles. The molecule has 0 bridgehead atoms. The molecule has 2 atom stereocenters. The molecule has 39 heavy (non-hydrogen) atoms. The summed E-state index contributed by atoms with van der Waals surface area (Å²) >= 11 is 0. The van der Waals surface area contributed by atoms with Crippen LogP contribution >= 0.6 is 0 Å². The second kappa shape index (κ2) is 13.0. The number of fused-ring (bicyclic) bond motifs is 2. The number of H-pyrrole nitrogens is 1. The number of nitrogens with one attached hydrogen (secondary N) is 2. The standard InChI is InChI=1S/C29H37N7O.C2H6.2H2/c1-5-14-36(15-6-2)29-18-25(29)27(33-28(34-29)37-16-12-22-9-7-8-13-30-22)19-31-35-23-10-11-26-24(17-23)20(3)21(4)32-26;1-2;;/h7-11,13,17,19,25,32,35H,5-6,12,14-16,18H2,1-4H3;1-2H3;2*1H/b31-19+;;;. The second-order valence-corrected chi connectivity index (χ2v) is 9.98. The van der Waals surface area contributed by atoms with Crippen LogP contribution in [0.2, 0.25) is 0 Å². The molecule has 3 heterocycles. The first-order valence-electron chi connectivity index (χ1n) is 14.4. The van der Waals surface area contributed by atoms with Crippen LogP contribution in [0.1, 0.15) is 66.8 Å². The second-order valence-electron chi connectivity index (χ2n) is 9.98. The molecule has 1 fully saturated rings. The lowest BCUT2D eigenvalue weighted by Crippen LogP contribution is -2.42. The van der Waals surface area contributed by atoms with Gasteiger partial charge in [0.2, 0.25) is 0 Å². The summed E-state index contributed by atoms with van der Waals surface area (Å²) in [5.41, 5.74) is 9.39. The van der Waals surface area contributed by atoms with Crippen molar-refractivity contribution in [2.45, 2.75) is 72.9 Å². The van der Waals surface area contributed by atoms with E-state index in [4.69, 9.17) is 14.7 Å². The van der Waals surface area contributed by atoms with E-state index in [0.29, 0.717) is 19.0 Å². The first-order valence-corrected chi connectivity index (χ1v) is 14.4. The van der Waals surface area contributed by atoms with Crippen molar-refractivity contribution in [3.63, 3.8) is 0 Å².